The molecule has 1 unspecified atom stereocenters. The number of nitrogens with zero attached hydrogens (tertiary/aromatic N) is 1. The normalized spacial score (nSPS) is 16.5. The molecule has 0 radical (unpaired) electrons. The zero-order valence-corrected chi connectivity index (χ0v) is 18.3. The van der Waals surface area contributed by atoms with E-state index in [4.69, 9.17) is 0 Å². The van der Waals surface area contributed by atoms with E-state index in [0.29, 0.717) is 17.3 Å². The Kier molecular flexibility index (Phi) is 6.56. The second kappa shape index (κ2) is 8.70. The average molecular weight is 501 g/mol. The zero-order chi connectivity index (χ0) is 18.6. The SMILES string of the molecule is O=C1c2ccccc2S(=O)(=O)N1C(CCCCBr)C[Se]c1ccccc1. The van der Waals surface area contributed by atoms with Crippen LogP contribution in [0.2, 0.25) is 5.32 Å². The van der Waals surface area contributed by atoms with Crippen LogP contribution in [0.4, 0.5) is 0 Å². The van der Waals surface area contributed by atoms with E-state index in [0.717, 1.165) is 22.5 Å². The Labute approximate surface area is 169 Å². The van der Waals surface area contributed by atoms with Crippen molar-refractivity contribution in [3.05, 3.63) is 60.2 Å². The number of hydrogen-bond acceptors (Lipinski definition) is 3. The van der Waals surface area contributed by atoms with Crippen molar-refractivity contribution in [1.29, 1.82) is 0 Å². The Morgan fingerprint density at radius 2 is 1.69 bits per heavy atom. The third-order valence-electron chi connectivity index (χ3n) is 4.29. The Morgan fingerprint density at radius 3 is 2.38 bits per heavy atom. The number of fused-ring (bicyclic) bond motifs is 1. The first-order valence-electron chi connectivity index (χ1n) is 8.47. The van der Waals surface area contributed by atoms with E-state index in [1.54, 1.807) is 18.2 Å². The Bertz CT molecular complexity index is 873. The molecule has 1 amide bonds. The van der Waals surface area contributed by atoms with Crippen LogP contribution in [0.3, 0.4) is 0 Å². The maximum absolute atomic E-state index is 13.0. The van der Waals surface area contributed by atoms with Gasteiger partial charge in [-0.05, 0) is 0 Å². The summed E-state index contributed by atoms with van der Waals surface area (Å²) in [5.41, 5.74) is 0.296. The predicted octanol–water partition coefficient (Wildman–Crippen LogP) is 3.21. The van der Waals surface area contributed by atoms with E-state index in [9.17, 15) is 13.2 Å². The van der Waals surface area contributed by atoms with Crippen LogP contribution in [-0.4, -0.2) is 45.0 Å². The molecule has 0 saturated carbocycles. The van der Waals surface area contributed by atoms with Crippen LogP contribution in [0.25, 0.3) is 0 Å². The molecule has 1 atom stereocenters. The van der Waals surface area contributed by atoms with Crippen LogP contribution in [0.1, 0.15) is 29.6 Å². The summed E-state index contributed by atoms with van der Waals surface area (Å²) in [6, 6.07) is 16.3. The second-order valence-corrected chi connectivity index (χ2v) is 10.9. The molecule has 1 aliphatic heterocycles. The van der Waals surface area contributed by atoms with Gasteiger partial charge in [-0.25, -0.2) is 0 Å². The minimum absolute atomic E-state index is 0.116. The number of sulfonamides is 1. The monoisotopic (exact) mass is 501 g/mol. The molecule has 3 rings (SSSR count). The van der Waals surface area contributed by atoms with Gasteiger partial charge >= 0.3 is 170 Å². The standard InChI is InChI=1S/C19H20BrNO3SSe/c20-13-7-6-8-15(14-26-16-9-2-1-3-10-16)21-19(22)17-11-4-5-12-18(17)25(21,23)24/h1-5,9-12,15H,6-8,13-14H2. The van der Waals surface area contributed by atoms with Gasteiger partial charge in [-0.2, -0.15) is 0 Å². The number of rotatable bonds is 8. The van der Waals surface area contributed by atoms with Crippen molar-refractivity contribution in [3.63, 3.8) is 0 Å². The van der Waals surface area contributed by atoms with Crippen LogP contribution in [0.5, 0.6) is 0 Å². The molecule has 138 valence electrons. The summed E-state index contributed by atoms with van der Waals surface area (Å²) in [6.07, 6.45) is 2.54. The van der Waals surface area contributed by atoms with E-state index >= 15 is 0 Å². The van der Waals surface area contributed by atoms with Gasteiger partial charge in [0.05, 0.1) is 0 Å². The topological polar surface area (TPSA) is 54.5 Å². The van der Waals surface area contributed by atoms with Gasteiger partial charge in [0, 0.05) is 0 Å². The first kappa shape index (κ1) is 19.6. The Balaban J connectivity index is 1.85. The molecular weight excluding hydrogens is 481 g/mol. The third kappa shape index (κ3) is 4.06. The third-order valence-corrected chi connectivity index (χ3v) is 9.17. The molecular formula is C19H20BrNO3SSe. The van der Waals surface area contributed by atoms with Crippen LogP contribution < -0.4 is 4.46 Å². The van der Waals surface area contributed by atoms with Crippen LogP contribution in [0.15, 0.2) is 59.5 Å². The zero-order valence-electron chi connectivity index (χ0n) is 14.2. The number of amides is 1. The van der Waals surface area contributed by atoms with E-state index in [1.807, 2.05) is 18.2 Å². The molecule has 0 aliphatic carbocycles. The molecule has 0 spiro atoms. The van der Waals surface area contributed by atoms with E-state index < -0.39 is 10.0 Å². The van der Waals surface area contributed by atoms with Crippen molar-refractivity contribution < 1.29 is 13.2 Å². The Morgan fingerprint density at radius 1 is 1.00 bits per heavy atom. The first-order valence-corrected chi connectivity index (χ1v) is 13.1. The molecule has 4 nitrogen and oxygen atoms in total. The molecule has 2 aromatic rings. The van der Waals surface area contributed by atoms with Gasteiger partial charge in [-0.3, -0.25) is 0 Å². The van der Waals surface area contributed by atoms with E-state index in [1.165, 1.54) is 10.5 Å². The number of halogens is 1. The van der Waals surface area contributed by atoms with Crippen molar-refractivity contribution in [2.24, 2.45) is 0 Å². The summed E-state index contributed by atoms with van der Waals surface area (Å²) in [5, 5.41) is 1.57. The van der Waals surface area contributed by atoms with E-state index in [-0.39, 0.29) is 31.8 Å². The summed E-state index contributed by atoms with van der Waals surface area (Å²) >= 11 is 3.54. The van der Waals surface area contributed by atoms with Gasteiger partial charge < -0.3 is 0 Å². The molecule has 0 aromatic heterocycles. The van der Waals surface area contributed by atoms with Gasteiger partial charge in [-0.1, -0.05) is 0 Å². The van der Waals surface area contributed by atoms with Crippen molar-refractivity contribution >= 4 is 51.3 Å². The Hall–Kier alpha value is -1.14. The molecule has 1 aliphatic rings. The molecule has 0 saturated heterocycles. The average Bonchev–Trinajstić information content (AvgIpc) is 2.86. The number of unbranched alkanes of at least 4 members (excludes halogenated alkanes) is 1. The first-order chi connectivity index (χ1) is 12.6. The summed E-state index contributed by atoms with van der Waals surface area (Å²) in [4.78, 5) is 13.0. The number of hydrogen-bond donors (Lipinski definition) is 0. The molecule has 0 fully saturated rings. The quantitative estimate of drug-likeness (QED) is 0.317. The van der Waals surface area contributed by atoms with Gasteiger partial charge in [-0.15, -0.1) is 0 Å². The number of alkyl halides is 1. The van der Waals surface area contributed by atoms with Crippen LogP contribution in [0, 0.1) is 0 Å². The molecule has 7 heteroatoms. The van der Waals surface area contributed by atoms with Gasteiger partial charge in [0.2, 0.25) is 0 Å². The van der Waals surface area contributed by atoms with Crippen molar-refractivity contribution in [3.8, 4) is 0 Å². The summed E-state index contributed by atoms with van der Waals surface area (Å²) in [6.45, 7) is 0. The maximum atomic E-state index is 13.0. The molecule has 0 N–H and O–H groups in total. The summed E-state index contributed by atoms with van der Waals surface area (Å²) in [7, 11) is -3.75. The van der Waals surface area contributed by atoms with Gasteiger partial charge in [0.15, 0.2) is 0 Å². The number of carbonyl (C=O) groups is 1. The summed E-state index contributed by atoms with van der Waals surface area (Å²) < 4.78 is 28.3. The second-order valence-electron chi connectivity index (χ2n) is 6.06. The van der Waals surface area contributed by atoms with Crippen molar-refractivity contribution in [2.75, 3.05) is 5.33 Å². The van der Waals surface area contributed by atoms with Gasteiger partial charge in [0.25, 0.3) is 0 Å². The number of carbonyl (C=O) groups excluding carboxylic acids is 1. The molecule has 2 aromatic carbocycles. The van der Waals surface area contributed by atoms with Gasteiger partial charge in [0.1, 0.15) is 0 Å². The van der Waals surface area contributed by atoms with Crippen molar-refractivity contribution in [2.45, 2.75) is 35.5 Å². The fourth-order valence-corrected chi connectivity index (χ4v) is 7.61. The molecule has 1 heterocycles. The minimum atomic E-state index is -3.75. The predicted molar refractivity (Wildman–Crippen MR) is 108 cm³/mol. The molecule has 26 heavy (non-hydrogen) atoms. The fraction of sp³-hybridized carbons (Fsp3) is 0.316. The number of benzene rings is 2. The van der Waals surface area contributed by atoms with Crippen molar-refractivity contribution in [1.82, 2.24) is 4.31 Å². The fourth-order valence-electron chi connectivity index (χ4n) is 3.02. The molecule has 0 bridgehead atoms. The summed E-state index contributed by atoms with van der Waals surface area (Å²) in [5.74, 6) is -0.381. The van der Waals surface area contributed by atoms with Crippen LogP contribution >= 0.6 is 15.9 Å². The van der Waals surface area contributed by atoms with Crippen LogP contribution in [-0.2, 0) is 10.0 Å². The van der Waals surface area contributed by atoms with E-state index in [2.05, 4.69) is 28.1 Å².